The highest BCUT2D eigenvalue weighted by molar-refractivity contribution is 6.27. The summed E-state index contributed by atoms with van der Waals surface area (Å²) in [6.45, 7) is -0.843. The molecular weight excluding hydrogens is 321 g/mol. The monoisotopic (exact) mass is 338 g/mol. The van der Waals surface area contributed by atoms with Crippen molar-refractivity contribution in [2.45, 2.75) is 24.4 Å². The summed E-state index contributed by atoms with van der Waals surface area (Å²) in [5.74, 6) is -5.37. The van der Waals surface area contributed by atoms with E-state index in [4.69, 9.17) is 50.4 Å². The van der Waals surface area contributed by atoms with Gasteiger partial charge < -0.3 is 40.9 Å². The first-order chi connectivity index (χ1) is 8.56. The van der Waals surface area contributed by atoms with Gasteiger partial charge in [0, 0.05) is 0 Å². The fourth-order valence-electron chi connectivity index (χ4n) is 0.668. The molecule has 0 bridgehead atoms. The van der Waals surface area contributed by atoms with Crippen molar-refractivity contribution < 1.29 is 55.2 Å². The molecule has 120 valence electrons. The van der Waals surface area contributed by atoms with Crippen LogP contribution in [0.5, 0.6) is 0 Å². The molecule has 11 nitrogen and oxygen atoms in total. The molecule has 4 atom stereocenters. The zero-order valence-electron chi connectivity index (χ0n) is 9.32. The lowest BCUT2D eigenvalue weighted by Gasteiger charge is -2.23. The van der Waals surface area contributed by atoms with Crippen molar-refractivity contribution in [1.29, 1.82) is 0 Å². The van der Waals surface area contributed by atoms with Crippen molar-refractivity contribution in [2.75, 3.05) is 6.61 Å². The molecule has 21 heavy (non-hydrogen) atoms. The molecule has 0 heterocycles. The predicted molar refractivity (Wildman–Crippen MR) is 71.1 cm³/mol. The number of hydrogen-bond acceptors (Lipinski definition) is 8. The largest absolute Gasteiger partial charge is 0.479 e. The number of rotatable bonds is 5. The number of aliphatic hydroxyl groups excluding tert-OH is 5. The maximum atomic E-state index is 10.1. The van der Waals surface area contributed by atoms with Gasteiger partial charge in [0.15, 0.2) is 6.10 Å². The van der Waals surface area contributed by atoms with Gasteiger partial charge in [0.25, 0.3) is 0 Å². The standard InChI is InChI=1S/C6H12O7.C2H2O4.2Mg.4H/c7-1-2(8)3(9)4(10)5(11)6(12)13;3-1(4)2(5)6;;;;;;/h2-5,7-11H,1H2,(H,12,13);(H,3,4)(H,5,6);;;;;;. The van der Waals surface area contributed by atoms with Crippen LogP contribution in [0.4, 0.5) is 0 Å². The van der Waals surface area contributed by atoms with Gasteiger partial charge in [-0.2, -0.15) is 0 Å². The normalized spacial score (nSPS) is 14.7. The van der Waals surface area contributed by atoms with Crippen LogP contribution in [-0.2, 0) is 14.4 Å². The van der Waals surface area contributed by atoms with Gasteiger partial charge in [-0.3, -0.25) is 0 Å². The van der Waals surface area contributed by atoms with Crippen LogP contribution in [0.2, 0.25) is 0 Å². The molecule has 8 N–H and O–H groups in total. The minimum Gasteiger partial charge on any atom is -0.479 e. The second-order valence-electron chi connectivity index (χ2n) is 3.12. The molecule has 0 aromatic rings. The Kier molecular flexibility index (Phi) is 20.1. The first-order valence-corrected chi connectivity index (χ1v) is 4.58. The molecule has 0 aliphatic heterocycles. The topological polar surface area (TPSA) is 213 Å². The van der Waals surface area contributed by atoms with Gasteiger partial charge in [-0.25, -0.2) is 14.4 Å². The van der Waals surface area contributed by atoms with E-state index in [9.17, 15) is 4.79 Å². The Morgan fingerprint density at radius 2 is 1.10 bits per heavy atom. The summed E-state index contributed by atoms with van der Waals surface area (Å²) < 4.78 is 0. The minimum atomic E-state index is -2.20. The maximum absolute atomic E-state index is 10.1. The van der Waals surface area contributed by atoms with E-state index in [1.54, 1.807) is 0 Å². The highest BCUT2D eigenvalue weighted by Crippen LogP contribution is 2.04. The van der Waals surface area contributed by atoms with Crippen molar-refractivity contribution in [3.05, 3.63) is 0 Å². The van der Waals surface area contributed by atoms with E-state index < -0.39 is 48.9 Å². The van der Waals surface area contributed by atoms with Crippen molar-refractivity contribution in [2.24, 2.45) is 0 Å². The van der Waals surface area contributed by atoms with Gasteiger partial charge in [0.05, 0.1) is 6.61 Å². The van der Waals surface area contributed by atoms with Crippen LogP contribution in [0.15, 0.2) is 0 Å². The molecule has 0 saturated heterocycles. The third-order valence-corrected chi connectivity index (χ3v) is 1.69. The van der Waals surface area contributed by atoms with Gasteiger partial charge in [-0.1, -0.05) is 0 Å². The molecule has 13 heteroatoms. The van der Waals surface area contributed by atoms with Crippen LogP contribution in [0, 0.1) is 0 Å². The maximum Gasteiger partial charge on any atom is 0.414 e. The van der Waals surface area contributed by atoms with Gasteiger partial charge in [-0.05, 0) is 0 Å². The fourth-order valence-corrected chi connectivity index (χ4v) is 0.668. The molecule has 0 aromatic heterocycles. The Morgan fingerprint density at radius 3 is 1.29 bits per heavy atom. The molecule has 0 radical (unpaired) electrons. The van der Waals surface area contributed by atoms with Crippen LogP contribution in [-0.4, -0.2) is 136 Å². The van der Waals surface area contributed by atoms with Gasteiger partial charge in [0.1, 0.15) is 18.3 Å². The zero-order valence-corrected chi connectivity index (χ0v) is 9.32. The van der Waals surface area contributed by atoms with E-state index in [1.807, 2.05) is 0 Å². The van der Waals surface area contributed by atoms with E-state index >= 15 is 0 Å². The molecule has 0 saturated carbocycles. The summed E-state index contributed by atoms with van der Waals surface area (Å²) in [4.78, 5) is 28.3. The minimum absolute atomic E-state index is 0. The lowest BCUT2D eigenvalue weighted by molar-refractivity contribution is -0.164. The molecular formula is C8H18Mg2O11. The summed E-state index contributed by atoms with van der Waals surface area (Å²) in [7, 11) is 0. The van der Waals surface area contributed by atoms with Crippen molar-refractivity contribution in [1.82, 2.24) is 0 Å². The quantitative estimate of drug-likeness (QED) is 0.174. The first kappa shape index (κ1) is 28.8. The number of aliphatic carboxylic acids is 3. The second kappa shape index (κ2) is 14.7. The summed E-state index contributed by atoms with van der Waals surface area (Å²) >= 11 is 0. The summed E-state index contributed by atoms with van der Waals surface area (Å²) in [6, 6.07) is 0. The molecule has 4 unspecified atom stereocenters. The second-order valence-corrected chi connectivity index (χ2v) is 3.12. The van der Waals surface area contributed by atoms with E-state index in [-0.39, 0.29) is 46.1 Å². The van der Waals surface area contributed by atoms with Gasteiger partial charge >= 0.3 is 64.0 Å². The Labute approximate surface area is 150 Å². The molecule has 0 amide bonds. The third kappa shape index (κ3) is 13.1. The fraction of sp³-hybridized carbons (Fsp3) is 0.625. The van der Waals surface area contributed by atoms with Crippen LogP contribution < -0.4 is 0 Å². The average Bonchev–Trinajstić information content (AvgIpc) is 2.35. The van der Waals surface area contributed by atoms with Crippen molar-refractivity contribution >= 4 is 64.0 Å². The number of carbonyl (C=O) groups is 3. The van der Waals surface area contributed by atoms with Crippen molar-refractivity contribution in [3.8, 4) is 0 Å². The first-order valence-electron chi connectivity index (χ1n) is 4.58. The van der Waals surface area contributed by atoms with E-state index in [2.05, 4.69) is 0 Å². The number of carboxylic acids is 3. The van der Waals surface area contributed by atoms with Gasteiger partial charge in [-0.15, -0.1) is 0 Å². The third-order valence-electron chi connectivity index (χ3n) is 1.69. The molecule has 0 fully saturated rings. The van der Waals surface area contributed by atoms with Crippen molar-refractivity contribution in [3.63, 3.8) is 0 Å². The number of aliphatic hydroxyl groups is 5. The zero-order chi connectivity index (χ0) is 15.7. The predicted octanol–water partition coefficient (Wildman–Crippen LogP) is -6.17. The summed E-state index contributed by atoms with van der Waals surface area (Å²) in [5, 5.41) is 66.6. The highest BCUT2D eigenvalue weighted by atomic mass is 24.3. The lowest BCUT2D eigenvalue weighted by atomic mass is 10.0. The van der Waals surface area contributed by atoms with E-state index in [1.165, 1.54) is 0 Å². The van der Waals surface area contributed by atoms with E-state index in [0.717, 1.165) is 0 Å². The molecule has 0 rings (SSSR count). The van der Waals surface area contributed by atoms with E-state index in [0.29, 0.717) is 0 Å². The van der Waals surface area contributed by atoms with Crippen LogP contribution in [0.3, 0.4) is 0 Å². The highest BCUT2D eigenvalue weighted by Gasteiger charge is 2.33. The Hall–Kier alpha value is -0.258. The molecule has 0 aliphatic rings. The molecule has 0 aromatic carbocycles. The van der Waals surface area contributed by atoms with Crippen LogP contribution >= 0.6 is 0 Å². The van der Waals surface area contributed by atoms with Crippen LogP contribution in [0.1, 0.15) is 0 Å². The van der Waals surface area contributed by atoms with Crippen LogP contribution in [0.25, 0.3) is 0 Å². The Balaban J connectivity index is -0.000000156. The SMILES string of the molecule is O=C(O)C(=O)O.O=C(O)C(O)C(O)C(O)C(O)CO.[MgH2].[MgH2]. The average molecular weight is 339 g/mol. The smallest absolute Gasteiger partial charge is 0.414 e. The lowest BCUT2D eigenvalue weighted by Crippen LogP contribution is -2.48. The van der Waals surface area contributed by atoms with Gasteiger partial charge in [0.2, 0.25) is 0 Å². The summed E-state index contributed by atoms with van der Waals surface area (Å²) in [6.07, 6.45) is -7.84. The Morgan fingerprint density at radius 1 is 0.762 bits per heavy atom. The summed E-state index contributed by atoms with van der Waals surface area (Å²) in [5.41, 5.74) is 0. The number of carboxylic acid groups (broad SMARTS) is 3. The molecule has 0 aliphatic carbocycles. The number of hydrogen-bond donors (Lipinski definition) is 8. The Bertz CT molecular complexity index is 311. The molecule has 0 spiro atoms.